The molecule has 0 aliphatic rings. The van der Waals surface area contributed by atoms with Crippen molar-refractivity contribution in [1.29, 1.82) is 0 Å². The Labute approximate surface area is 153 Å². The maximum Gasteiger partial charge on any atom is 0.249 e. The van der Waals surface area contributed by atoms with E-state index >= 15 is 0 Å². The van der Waals surface area contributed by atoms with Gasteiger partial charge in [0.05, 0.1) is 18.0 Å². The quantitative estimate of drug-likeness (QED) is 0.644. The topological polar surface area (TPSA) is 72.0 Å². The highest BCUT2D eigenvalue weighted by atomic mass is 16.5. The van der Waals surface area contributed by atoms with Gasteiger partial charge in [-0.3, -0.25) is 0 Å². The van der Waals surface area contributed by atoms with Crippen molar-refractivity contribution in [3.63, 3.8) is 0 Å². The summed E-state index contributed by atoms with van der Waals surface area (Å²) < 4.78 is 5.82. The highest BCUT2D eigenvalue weighted by Crippen LogP contribution is 2.27. The normalized spacial score (nSPS) is 10.6. The van der Waals surface area contributed by atoms with Crippen LogP contribution in [0.3, 0.4) is 0 Å². The summed E-state index contributed by atoms with van der Waals surface area (Å²) in [7, 11) is 0. The number of hydrogen-bond acceptors (Lipinski definition) is 6. The summed E-state index contributed by atoms with van der Waals surface area (Å²) in [6.07, 6.45) is 2.62. The van der Waals surface area contributed by atoms with E-state index in [0.717, 1.165) is 23.5 Å². The molecule has 0 amide bonds. The van der Waals surface area contributed by atoms with Crippen molar-refractivity contribution in [2.24, 2.45) is 0 Å². The molecule has 6 heteroatoms. The Bertz CT molecular complexity index is 866. The van der Waals surface area contributed by atoms with E-state index in [1.54, 1.807) is 6.20 Å². The number of para-hydroxylation sites is 3. The second-order valence-corrected chi connectivity index (χ2v) is 6.09. The minimum atomic E-state index is 0.0792. The summed E-state index contributed by atoms with van der Waals surface area (Å²) in [5, 5.41) is 14.6. The number of anilines is 4. The molecule has 1 heterocycles. The van der Waals surface area contributed by atoms with Crippen molar-refractivity contribution < 1.29 is 4.74 Å². The fourth-order valence-corrected chi connectivity index (χ4v) is 2.55. The molecule has 0 fully saturated rings. The first-order valence-corrected chi connectivity index (χ1v) is 8.73. The SMILES string of the molecule is CCc1ccccc1Nc1cnnc(Nc2ccccc2OC(C)C)n1. The van der Waals surface area contributed by atoms with Gasteiger partial charge in [-0.15, -0.1) is 5.10 Å². The number of aryl methyl sites for hydroxylation is 1. The maximum atomic E-state index is 5.82. The Kier molecular flexibility index (Phi) is 5.63. The standard InChI is InChI=1S/C20H23N5O/c1-4-15-9-5-6-10-16(15)22-19-13-21-25-20(24-19)23-17-11-7-8-12-18(17)26-14(2)3/h5-14H,4H2,1-3H3,(H2,22,23,24,25). The predicted octanol–water partition coefficient (Wildman–Crippen LogP) is 4.71. The van der Waals surface area contributed by atoms with E-state index in [-0.39, 0.29) is 6.10 Å². The molecule has 2 N–H and O–H groups in total. The summed E-state index contributed by atoms with van der Waals surface area (Å²) in [6, 6.07) is 15.8. The fraction of sp³-hybridized carbons (Fsp3) is 0.250. The first-order valence-electron chi connectivity index (χ1n) is 8.73. The minimum Gasteiger partial charge on any atom is -0.489 e. The maximum absolute atomic E-state index is 5.82. The van der Waals surface area contributed by atoms with Crippen LogP contribution in [0.5, 0.6) is 5.75 Å². The third-order valence-electron chi connectivity index (χ3n) is 3.72. The molecule has 0 radical (unpaired) electrons. The number of benzene rings is 2. The van der Waals surface area contributed by atoms with E-state index in [9.17, 15) is 0 Å². The first-order chi connectivity index (χ1) is 12.7. The van der Waals surface area contributed by atoms with E-state index in [0.29, 0.717) is 11.8 Å². The Balaban J connectivity index is 1.80. The zero-order valence-electron chi connectivity index (χ0n) is 15.2. The average molecular weight is 349 g/mol. The van der Waals surface area contributed by atoms with Crippen molar-refractivity contribution in [3.05, 3.63) is 60.3 Å². The number of ether oxygens (including phenoxy) is 1. The lowest BCUT2D eigenvalue weighted by Crippen LogP contribution is -2.08. The van der Waals surface area contributed by atoms with E-state index in [1.807, 2.05) is 56.3 Å². The molecular weight excluding hydrogens is 326 g/mol. The molecule has 0 saturated heterocycles. The first kappa shape index (κ1) is 17.7. The van der Waals surface area contributed by atoms with Gasteiger partial charge in [-0.05, 0) is 44.0 Å². The third kappa shape index (κ3) is 4.47. The molecule has 0 aliphatic carbocycles. The van der Waals surface area contributed by atoms with Crippen LogP contribution in [0, 0.1) is 0 Å². The van der Waals surface area contributed by atoms with Gasteiger partial charge in [0.15, 0.2) is 5.82 Å². The Morgan fingerprint density at radius 2 is 1.69 bits per heavy atom. The van der Waals surface area contributed by atoms with Crippen molar-refractivity contribution in [1.82, 2.24) is 15.2 Å². The van der Waals surface area contributed by atoms with Crippen LogP contribution in [-0.4, -0.2) is 21.3 Å². The molecule has 3 rings (SSSR count). The van der Waals surface area contributed by atoms with Crippen molar-refractivity contribution in [2.75, 3.05) is 10.6 Å². The summed E-state index contributed by atoms with van der Waals surface area (Å²) in [5.74, 6) is 1.79. The molecule has 3 aromatic rings. The lowest BCUT2D eigenvalue weighted by Gasteiger charge is -2.15. The second-order valence-electron chi connectivity index (χ2n) is 6.09. The van der Waals surface area contributed by atoms with Crippen LogP contribution < -0.4 is 15.4 Å². The minimum absolute atomic E-state index is 0.0792. The summed E-state index contributed by atoms with van der Waals surface area (Å²) in [6.45, 7) is 6.10. The van der Waals surface area contributed by atoms with Crippen LogP contribution in [0.2, 0.25) is 0 Å². The van der Waals surface area contributed by atoms with Gasteiger partial charge in [0.2, 0.25) is 5.95 Å². The van der Waals surface area contributed by atoms with Gasteiger partial charge in [0.1, 0.15) is 5.75 Å². The highest BCUT2D eigenvalue weighted by Gasteiger charge is 2.08. The van der Waals surface area contributed by atoms with Gasteiger partial charge in [0.25, 0.3) is 0 Å². The summed E-state index contributed by atoms with van der Waals surface area (Å²) in [5.41, 5.74) is 3.04. The van der Waals surface area contributed by atoms with E-state index in [4.69, 9.17) is 4.74 Å². The average Bonchev–Trinajstić information content (AvgIpc) is 2.64. The lowest BCUT2D eigenvalue weighted by atomic mass is 10.1. The van der Waals surface area contributed by atoms with Gasteiger partial charge in [-0.25, -0.2) is 0 Å². The predicted molar refractivity (Wildman–Crippen MR) is 104 cm³/mol. The van der Waals surface area contributed by atoms with Crippen molar-refractivity contribution >= 4 is 23.1 Å². The molecule has 1 aromatic heterocycles. The molecular formula is C20H23N5O. The van der Waals surface area contributed by atoms with Crippen LogP contribution in [0.4, 0.5) is 23.1 Å². The molecule has 6 nitrogen and oxygen atoms in total. The van der Waals surface area contributed by atoms with Gasteiger partial charge in [-0.2, -0.15) is 10.1 Å². The van der Waals surface area contributed by atoms with Crippen molar-refractivity contribution in [2.45, 2.75) is 33.3 Å². The lowest BCUT2D eigenvalue weighted by molar-refractivity contribution is 0.244. The van der Waals surface area contributed by atoms with Crippen LogP contribution in [-0.2, 0) is 6.42 Å². The molecule has 0 saturated carbocycles. The van der Waals surface area contributed by atoms with Gasteiger partial charge in [-0.1, -0.05) is 37.3 Å². The van der Waals surface area contributed by atoms with Gasteiger partial charge in [0, 0.05) is 5.69 Å². The van der Waals surface area contributed by atoms with Crippen LogP contribution in [0.15, 0.2) is 54.7 Å². The molecule has 0 atom stereocenters. The Morgan fingerprint density at radius 1 is 0.962 bits per heavy atom. The van der Waals surface area contributed by atoms with E-state index in [2.05, 4.69) is 38.8 Å². The number of rotatable bonds is 7. The number of nitrogens with zero attached hydrogens (tertiary/aromatic N) is 3. The number of nitrogens with one attached hydrogen (secondary N) is 2. The molecule has 134 valence electrons. The van der Waals surface area contributed by atoms with Crippen LogP contribution in [0.25, 0.3) is 0 Å². The van der Waals surface area contributed by atoms with E-state index < -0.39 is 0 Å². The zero-order valence-corrected chi connectivity index (χ0v) is 15.2. The summed E-state index contributed by atoms with van der Waals surface area (Å²) in [4.78, 5) is 4.51. The molecule has 2 aromatic carbocycles. The van der Waals surface area contributed by atoms with Gasteiger partial charge >= 0.3 is 0 Å². The molecule has 0 aliphatic heterocycles. The van der Waals surface area contributed by atoms with Crippen LogP contribution >= 0.6 is 0 Å². The fourth-order valence-electron chi connectivity index (χ4n) is 2.55. The number of hydrogen-bond donors (Lipinski definition) is 2. The van der Waals surface area contributed by atoms with E-state index in [1.165, 1.54) is 5.56 Å². The molecule has 0 spiro atoms. The monoisotopic (exact) mass is 349 g/mol. The third-order valence-corrected chi connectivity index (χ3v) is 3.72. The smallest absolute Gasteiger partial charge is 0.249 e. The zero-order chi connectivity index (χ0) is 18.4. The molecule has 26 heavy (non-hydrogen) atoms. The largest absolute Gasteiger partial charge is 0.489 e. The number of aromatic nitrogens is 3. The molecule has 0 bridgehead atoms. The molecule has 0 unspecified atom stereocenters. The second kappa shape index (κ2) is 8.29. The van der Waals surface area contributed by atoms with Crippen LogP contribution in [0.1, 0.15) is 26.3 Å². The highest BCUT2D eigenvalue weighted by molar-refractivity contribution is 5.64. The summed E-state index contributed by atoms with van der Waals surface area (Å²) >= 11 is 0. The van der Waals surface area contributed by atoms with Crippen molar-refractivity contribution in [3.8, 4) is 5.75 Å². The Morgan fingerprint density at radius 3 is 2.46 bits per heavy atom. The Hall–Kier alpha value is -3.15. The van der Waals surface area contributed by atoms with Gasteiger partial charge < -0.3 is 15.4 Å².